The number of halogens is 5. The smallest absolute Gasteiger partial charge is 0.351 e. The number of amides is 1. The van der Waals surface area contributed by atoms with Gasteiger partial charge in [0.05, 0.1) is 18.2 Å². The number of carbonyl (C=O) groups excluding carboxylic acids is 1. The van der Waals surface area contributed by atoms with Gasteiger partial charge in [0.15, 0.2) is 0 Å². The van der Waals surface area contributed by atoms with Gasteiger partial charge in [-0.1, -0.05) is 18.2 Å². The lowest BCUT2D eigenvalue weighted by atomic mass is 10.1. The van der Waals surface area contributed by atoms with Crippen LogP contribution in [0.3, 0.4) is 0 Å². The minimum atomic E-state index is -4.53. The van der Waals surface area contributed by atoms with E-state index in [2.05, 4.69) is 10.6 Å². The highest BCUT2D eigenvalue weighted by molar-refractivity contribution is 5.82. The average Bonchev–Trinajstić information content (AvgIpc) is 2.76. The summed E-state index contributed by atoms with van der Waals surface area (Å²) in [5, 5.41) is 4.60. The summed E-state index contributed by atoms with van der Waals surface area (Å²) in [4.78, 5) is 11.7. The first kappa shape index (κ1) is 15.7. The second-order valence-corrected chi connectivity index (χ2v) is 4.87. The Hall–Kier alpha value is -1.70. The minimum absolute atomic E-state index is 0.108. The molecule has 0 bridgehead atoms. The molecule has 1 heterocycles. The van der Waals surface area contributed by atoms with Crippen molar-refractivity contribution < 1.29 is 26.7 Å². The Morgan fingerprint density at radius 3 is 2.57 bits per heavy atom. The molecule has 116 valence electrons. The molecule has 1 aromatic rings. The summed E-state index contributed by atoms with van der Waals surface area (Å²) in [6.07, 6.45) is -5.18. The molecule has 1 unspecified atom stereocenters. The zero-order chi connectivity index (χ0) is 15.7. The lowest BCUT2D eigenvalue weighted by Gasteiger charge is -2.15. The molecule has 0 saturated carbocycles. The van der Waals surface area contributed by atoms with Crippen molar-refractivity contribution in [2.45, 2.75) is 31.1 Å². The monoisotopic (exact) mass is 308 g/mol. The highest BCUT2D eigenvalue weighted by atomic mass is 19.4. The van der Waals surface area contributed by atoms with E-state index in [0.717, 1.165) is 6.07 Å². The van der Waals surface area contributed by atoms with E-state index < -0.39 is 42.6 Å². The molecule has 1 aliphatic heterocycles. The van der Waals surface area contributed by atoms with Crippen LogP contribution < -0.4 is 10.6 Å². The van der Waals surface area contributed by atoms with Gasteiger partial charge in [-0.25, -0.2) is 8.78 Å². The number of nitrogens with one attached hydrogen (secondary N) is 2. The fourth-order valence-electron chi connectivity index (χ4n) is 2.16. The molecule has 0 aliphatic carbocycles. The van der Waals surface area contributed by atoms with E-state index in [-0.39, 0.29) is 12.1 Å². The number of benzene rings is 1. The van der Waals surface area contributed by atoms with Crippen LogP contribution in [-0.2, 0) is 17.5 Å². The van der Waals surface area contributed by atoms with Crippen LogP contribution >= 0.6 is 0 Å². The average molecular weight is 308 g/mol. The molecule has 0 radical (unpaired) electrons. The molecular weight excluding hydrogens is 295 g/mol. The largest absolute Gasteiger partial charge is 0.416 e. The van der Waals surface area contributed by atoms with Gasteiger partial charge in [-0.15, -0.1) is 0 Å². The van der Waals surface area contributed by atoms with Gasteiger partial charge in [0.2, 0.25) is 5.91 Å². The maximum absolute atomic E-state index is 12.9. The van der Waals surface area contributed by atoms with E-state index in [1.807, 2.05) is 0 Å². The van der Waals surface area contributed by atoms with E-state index in [1.165, 1.54) is 18.2 Å². The first-order chi connectivity index (χ1) is 9.69. The highest BCUT2D eigenvalue weighted by Gasteiger charge is 2.42. The Bertz CT molecular complexity index is 530. The molecule has 3 nitrogen and oxygen atoms in total. The van der Waals surface area contributed by atoms with Crippen molar-refractivity contribution in [3.05, 3.63) is 35.4 Å². The maximum Gasteiger partial charge on any atom is 0.416 e. The van der Waals surface area contributed by atoms with Crippen LogP contribution in [0.4, 0.5) is 22.0 Å². The third-order valence-electron chi connectivity index (χ3n) is 3.20. The van der Waals surface area contributed by atoms with Gasteiger partial charge in [-0.2, -0.15) is 13.2 Å². The van der Waals surface area contributed by atoms with E-state index in [9.17, 15) is 26.7 Å². The van der Waals surface area contributed by atoms with Crippen LogP contribution in [0.5, 0.6) is 0 Å². The SMILES string of the molecule is O=C(NCc1ccccc1C(F)(F)F)C1CC(F)(F)CN1. The summed E-state index contributed by atoms with van der Waals surface area (Å²) in [5.74, 6) is -3.70. The second-order valence-electron chi connectivity index (χ2n) is 4.87. The summed E-state index contributed by atoms with van der Waals surface area (Å²) in [7, 11) is 0. The number of alkyl halides is 5. The molecule has 1 aromatic carbocycles. The van der Waals surface area contributed by atoms with Crippen LogP contribution in [0.2, 0.25) is 0 Å². The molecule has 1 aliphatic rings. The zero-order valence-corrected chi connectivity index (χ0v) is 10.8. The number of hydrogen-bond acceptors (Lipinski definition) is 2. The maximum atomic E-state index is 12.9. The molecule has 0 spiro atoms. The minimum Gasteiger partial charge on any atom is -0.351 e. The number of carbonyl (C=O) groups is 1. The van der Waals surface area contributed by atoms with Gasteiger partial charge >= 0.3 is 6.18 Å². The quantitative estimate of drug-likeness (QED) is 0.842. The molecule has 0 aromatic heterocycles. The van der Waals surface area contributed by atoms with Crippen molar-refractivity contribution in [1.29, 1.82) is 0 Å². The van der Waals surface area contributed by atoms with Gasteiger partial charge < -0.3 is 5.32 Å². The molecule has 1 saturated heterocycles. The fraction of sp³-hybridized carbons (Fsp3) is 0.462. The Balaban J connectivity index is 1.99. The van der Waals surface area contributed by atoms with E-state index >= 15 is 0 Å². The molecule has 1 fully saturated rings. The fourth-order valence-corrected chi connectivity index (χ4v) is 2.16. The van der Waals surface area contributed by atoms with Gasteiger partial charge in [0.25, 0.3) is 5.92 Å². The molecule has 21 heavy (non-hydrogen) atoms. The summed E-state index contributed by atoms with van der Waals surface area (Å²) >= 11 is 0. The Morgan fingerprint density at radius 2 is 2.00 bits per heavy atom. The van der Waals surface area contributed by atoms with Crippen molar-refractivity contribution in [2.75, 3.05) is 6.54 Å². The van der Waals surface area contributed by atoms with Crippen molar-refractivity contribution in [3.8, 4) is 0 Å². The first-order valence-electron chi connectivity index (χ1n) is 6.23. The highest BCUT2D eigenvalue weighted by Crippen LogP contribution is 2.31. The topological polar surface area (TPSA) is 41.1 Å². The summed E-state index contributed by atoms with van der Waals surface area (Å²) in [5.41, 5.74) is -0.960. The van der Waals surface area contributed by atoms with E-state index in [1.54, 1.807) is 0 Å². The molecule has 1 atom stereocenters. The van der Waals surface area contributed by atoms with Crippen molar-refractivity contribution in [3.63, 3.8) is 0 Å². The van der Waals surface area contributed by atoms with Crippen LogP contribution in [-0.4, -0.2) is 24.4 Å². The number of hydrogen-bond donors (Lipinski definition) is 2. The second kappa shape index (κ2) is 5.59. The first-order valence-corrected chi connectivity index (χ1v) is 6.23. The van der Waals surface area contributed by atoms with Crippen molar-refractivity contribution in [1.82, 2.24) is 10.6 Å². The van der Waals surface area contributed by atoms with Crippen LogP contribution in [0, 0.1) is 0 Å². The number of rotatable bonds is 3. The molecule has 1 amide bonds. The van der Waals surface area contributed by atoms with Crippen molar-refractivity contribution >= 4 is 5.91 Å². The third-order valence-corrected chi connectivity index (χ3v) is 3.20. The van der Waals surface area contributed by atoms with Gasteiger partial charge in [0, 0.05) is 13.0 Å². The zero-order valence-electron chi connectivity index (χ0n) is 10.8. The molecule has 8 heteroatoms. The summed E-state index contributed by atoms with van der Waals surface area (Å²) in [6, 6.07) is 3.72. The Kier molecular flexibility index (Phi) is 4.18. The lowest BCUT2D eigenvalue weighted by Crippen LogP contribution is -2.40. The Morgan fingerprint density at radius 1 is 1.33 bits per heavy atom. The lowest BCUT2D eigenvalue weighted by molar-refractivity contribution is -0.138. The Labute approximate surface area is 117 Å². The summed E-state index contributed by atoms with van der Waals surface area (Å²) in [6.45, 7) is -0.970. The standard InChI is InChI=1S/C13H13F5N2O/c14-12(15)5-10(20-7-12)11(21)19-6-8-3-1-2-4-9(8)13(16,17)18/h1-4,10,20H,5-7H2,(H,19,21). The van der Waals surface area contributed by atoms with Gasteiger partial charge in [-0.3, -0.25) is 10.1 Å². The summed E-state index contributed by atoms with van der Waals surface area (Å²) < 4.78 is 64.1. The van der Waals surface area contributed by atoms with Gasteiger partial charge in [0.1, 0.15) is 0 Å². The van der Waals surface area contributed by atoms with Crippen LogP contribution in [0.15, 0.2) is 24.3 Å². The predicted molar refractivity (Wildman–Crippen MR) is 64.6 cm³/mol. The van der Waals surface area contributed by atoms with E-state index in [0.29, 0.717) is 0 Å². The molecule has 2 rings (SSSR count). The predicted octanol–water partition coefficient (Wildman–Crippen LogP) is 2.32. The normalized spacial score (nSPS) is 21.3. The van der Waals surface area contributed by atoms with Crippen LogP contribution in [0.1, 0.15) is 17.5 Å². The van der Waals surface area contributed by atoms with E-state index in [4.69, 9.17) is 0 Å². The van der Waals surface area contributed by atoms with Crippen LogP contribution in [0.25, 0.3) is 0 Å². The van der Waals surface area contributed by atoms with Crippen molar-refractivity contribution in [2.24, 2.45) is 0 Å². The molecule has 2 N–H and O–H groups in total. The molecular formula is C13H13F5N2O. The third kappa shape index (κ3) is 3.90. The van der Waals surface area contributed by atoms with Gasteiger partial charge in [-0.05, 0) is 11.6 Å².